The molecule has 0 aliphatic heterocycles. The molecule has 0 fully saturated rings. The van der Waals surface area contributed by atoms with Gasteiger partial charge < -0.3 is 5.73 Å². The Labute approximate surface area is 110 Å². The highest BCUT2D eigenvalue weighted by Crippen LogP contribution is 2.23. The quantitative estimate of drug-likeness (QED) is 0.946. The van der Waals surface area contributed by atoms with Gasteiger partial charge in [0.25, 0.3) is 0 Å². The molecule has 17 heavy (non-hydrogen) atoms. The molecular formula is C13H16BrN3. The van der Waals surface area contributed by atoms with E-state index in [1.165, 1.54) is 0 Å². The highest BCUT2D eigenvalue weighted by atomic mass is 79.9. The molecule has 0 aliphatic rings. The Hall–Kier alpha value is -1.13. The largest absolute Gasteiger partial charge is 0.326 e. The molecule has 0 spiro atoms. The SMILES string of the molecule is Cc1ccn(C(c2cccc(Br)c2)C(C)N)n1. The van der Waals surface area contributed by atoms with E-state index >= 15 is 0 Å². The van der Waals surface area contributed by atoms with Crippen LogP contribution in [0.1, 0.15) is 24.2 Å². The number of halogens is 1. The first kappa shape index (κ1) is 12.3. The molecule has 0 saturated heterocycles. The summed E-state index contributed by atoms with van der Waals surface area (Å²) in [6.45, 7) is 3.98. The summed E-state index contributed by atoms with van der Waals surface area (Å²) in [6, 6.07) is 10.3. The number of aromatic nitrogens is 2. The molecule has 0 saturated carbocycles. The third-order valence-electron chi connectivity index (χ3n) is 2.71. The molecule has 0 aliphatic carbocycles. The summed E-state index contributed by atoms with van der Waals surface area (Å²) >= 11 is 3.49. The molecular weight excluding hydrogens is 278 g/mol. The van der Waals surface area contributed by atoms with E-state index in [0.717, 1.165) is 15.7 Å². The summed E-state index contributed by atoms with van der Waals surface area (Å²) in [6.07, 6.45) is 1.98. The van der Waals surface area contributed by atoms with Gasteiger partial charge in [0.1, 0.15) is 0 Å². The molecule has 1 aromatic carbocycles. The van der Waals surface area contributed by atoms with Gasteiger partial charge in [0, 0.05) is 16.7 Å². The van der Waals surface area contributed by atoms with Crippen molar-refractivity contribution in [2.75, 3.05) is 0 Å². The fourth-order valence-corrected chi connectivity index (χ4v) is 2.39. The van der Waals surface area contributed by atoms with Crippen LogP contribution in [0.4, 0.5) is 0 Å². The second kappa shape index (κ2) is 5.02. The van der Waals surface area contributed by atoms with Gasteiger partial charge in [-0.1, -0.05) is 28.1 Å². The second-order valence-electron chi connectivity index (χ2n) is 4.30. The van der Waals surface area contributed by atoms with E-state index in [4.69, 9.17) is 5.73 Å². The van der Waals surface area contributed by atoms with E-state index in [9.17, 15) is 0 Å². The van der Waals surface area contributed by atoms with Crippen LogP contribution < -0.4 is 5.73 Å². The summed E-state index contributed by atoms with van der Waals surface area (Å²) < 4.78 is 2.99. The third-order valence-corrected chi connectivity index (χ3v) is 3.21. The van der Waals surface area contributed by atoms with Crippen molar-refractivity contribution in [3.05, 3.63) is 52.3 Å². The molecule has 2 N–H and O–H groups in total. The average Bonchev–Trinajstić information content (AvgIpc) is 2.64. The van der Waals surface area contributed by atoms with E-state index in [-0.39, 0.29) is 12.1 Å². The van der Waals surface area contributed by atoms with Crippen molar-refractivity contribution in [1.82, 2.24) is 9.78 Å². The van der Waals surface area contributed by atoms with Gasteiger partial charge in [0.2, 0.25) is 0 Å². The Balaban J connectivity index is 2.42. The smallest absolute Gasteiger partial charge is 0.0917 e. The predicted octanol–water partition coefficient (Wildman–Crippen LogP) is 2.89. The Bertz CT molecular complexity index is 505. The summed E-state index contributed by atoms with van der Waals surface area (Å²) in [7, 11) is 0. The Morgan fingerprint density at radius 2 is 2.12 bits per heavy atom. The van der Waals surface area contributed by atoms with Crippen LogP contribution in [0, 0.1) is 6.92 Å². The topological polar surface area (TPSA) is 43.8 Å². The fraction of sp³-hybridized carbons (Fsp3) is 0.308. The highest BCUT2D eigenvalue weighted by molar-refractivity contribution is 9.10. The van der Waals surface area contributed by atoms with Gasteiger partial charge in [-0.2, -0.15) is 5.10 Å². The van der Waals surface area contributed by atoms with E-state index in [0.29, 0.717) is 0 Å². The lowest BCUT2D eigenvalue weighted by molar-refractivity contribution is 0.452. The molecule has 1 aromatic heterocycles. The van der Waals surface area contributed by atoms with Crippen molar-refractivity contribution in [2.24, 2.45) is 5.73 Å². The maximum Gasteiger partial charge on any atom is 0.0917 e. The normalized spacial score (nSPS) is 14.6. The van der Waals surface area contributed by atoms with Gasteiger partial charge in [0.05, 0.1) is 11.7 Å². The Kier molecular flexibility index (Phi) is 3.64. The molecule has 1 heterocycles. The highest BCUT2D eigenvalue weighted by Gasteiger charge is 2.19. The lowest BCUT2D eigenvalue weighted by Crippen LogP contribution is -2.30. The molecule has 0 bridgehead atoms. The zero-order valence-corrected chi connectivity index (χ0v) is 11.6. The first-order valence-electron chi connectivity index (χ1n) is 5.61. The number of benzene rings is 1. The van der Waals surface area contributed by atoms with Crippen molar-refractivity contribution in [2.45, 2.75) is 25.9 Å². The van der Waals surface area contributed by atoms with Crippen LogP contribution in [-0.2, 0) is 0 Å². The summed E-state index contributed by atoms with van der Waals surface area (Å²) in [5, 5.41) is 4.46. The zero-order chi connectivity index (χ0) is 12.4. The van der Waals surface area contributed by atoms with Crippen molar-refractivity contribution in [1.29, 1.82) is 0 Å². The molecule has 90 valence electrons. The molecule has 4 heteroatoms. The van der Waals surface area contributed by atoms with E-state index in [1.54, 1.807) is 0 Å². The average molecular weight is 294 g/mol. The molecule has 2 unspecified atom stereocenters. The van der Waals surface area contributed by atoms with E-state index in [1.807, 2.05) is 42.9 Å². The second-order valence-corrected chi connectivity index (χ2v) is 5.21. The molecule has 2 atom stereocenters. The number of hydrogen-bond donors (Lipinski definition) is 1. The fourth-order valence-electron chi connectivity index (χ4n) is 1.98. The van der Waals surface area contributed by atoms with Gasteiger partial charge in [-0.3, -0.25) is 4.68 Å². The van der Waals surface area contributed by atoms with Gasteiger partial charge >= 0.3 is 0 Å². The molecule has 2 rings (SSSR count). The number of nitrogens with zero attached hydrogens (tertiary/aromatic N) is 2. The van der Waals surface area contributed by atoms with Crippen LogP contribution in [0.5, 0.6) is 0 Å². The molecule has 3 nitrogen and oxygen atoms in total. The van der Waals surface area contributed by atoms with Crippen molar-refractivity contribution in [3.63, 3.8) is 0 Å². The standard InChI is InChI=1S/C13H16BrN3/c1-9-6-7-17(16-9)13(10(2)15)11-4-3-5-12(14)8-11/h3-8,10,13H,15H2,1-2H3. The van der Waals surface area contributed by atoms with Crippen molar-refractivity contribution in [3.8, 4) is 0 Å². The van der Waals surface area contributed by atoms with Gasteiger partial charge in [-0.05, 0) is 37.6 Å². The summed E-state index contributed by atoms with van der Waals surface area (Å²) in [5.74, 6) is 0. The van der Waals surface area contributed by atoms with Gasteiger partial charge in [-0.15, -0.1) is 0 Å². The van der Waals surface area contributed by atoms with Crippen LogP contribution in [0.15, 0.2) is 41.0 Å². The van der Waals surface area contributed by atoms with Crippen LogP contribution in [0.2, 0.25) is 0 Å². The number of aryl methyl sites for hydroxylation is 1. The minimum Gasteiger partial charge on any atom is -0.326 e. The Morgan fingerprint density at radius 1 is 1.35 bits per heavy atom. The summed E-state index contributed by atoms with van der Waals surface area (Å²) in [4.78, 5) is 0. The van der Waals surface area contributed by atoms with Gasteiger partial charge in [0.15, 0.2) is 0 Å². The van der Waals surface area contributed by atoms with Crippen molar-refractivity contribution < 1.29 is 0 Å². The lowest BCUT2D eigenvalue weighted by Gasteiger charge is -2.22. The monoisotopic (exact) mass is 293 g/mol. The maximum absolute atomic E-state index is 6.08. The van der Waals surface area contributed by atoms with Gasteiger partial charge in [-0.25, -0.2) is 0 Å². The number of hydrogen-bond acceptors (Lipinski definition) is 2. The van der Waals surface area contributed by atoms with Crippen LogP contribution >= 0.6 is 15.9 Å². The first-order valence-corrected chi connectivity index (χ1v) is 6.40. The first-order chi connectivity index (χ1) is 8.08. The van der Waals surface area contributed by atoms with Crippen molar-refractivity contribution >= 4 is 15.9 Å². The minimum absolute atomic E-state index is 0.00333. The number of nitrogens with two attached hydrogens (primary N) is 1. The zero-order valence-electron chi connectivity index (χ0n) is 9.97. The summed E-state index contributed by atoms with van der Waals surface area (Å²) in [5.41, 5.74) is 8.25. The van der Waals surface area contributed by atoms with Crippen LogP contribution in [-0.4, -0.2) is 15.8 Å². The van der Waals surface area contributed by atoms with E-state index in [2.05, 4.69) is 33.2 Å². The molecule has 0 amide bonds. The predicted molar refractivity (Wildman–Crippen MR) is 72.9 cm³/mol. The molecule has 2 aromatic rings. The minimum atomic E-state index is 0.00333. The van der Waals surface area contributed by atoms with Crippen LogP contribution in [0.25, 0.3) is 0 Å². The third kappa shape index (κ3) is 2.76. The Morgan fingerprint density at radius 3 is 2.65 bits per heavy atom. The number of rotatable bonds is 3. The van der Waals surface area contributed by atoms with E-state index < -0.39 is 0 Å². The van der Waals surface area contributed by atoms with Crippen LogP contribution in [0.3, 0.4) is 0 Å². The lowest BCUT2D eigenvalue weighted by atomic mass is 10.0. The maximum atomic E-state index is 6.08. The molecule has 0 radical (unpaired) electrons.